The van der Waals surface area contributed by atoms with E-state index in [0.717, 1.165) is 43.7 Å². The lowest BCUT2D eigenvalue weighted by Crippen LogP contribution is -2.44. The Labute approximate surface area is 155 Å². The number of esters is 1. The van der Waals surface area contributed by atoms with E-state index >= 15 is 0 Å². The normalized spacial score (nSPS) is 16.0. The molecular formula is C22H27NO3. The lowest BCUT2D eigenvalue weighted by Gasteiger charge is -2.35. The summed E-state index contributed by atoms with van der Waals surface area (Å²) < 4.78 is 11.7. The van der Waals surface area contributed by atoms with E-state index in [1.807, 2.05) is 36.4 Å². The van der Waals surface area contributed by atoms with Crippen LogP contribution in [-0.2, 0) is 6.42 Å². The fourth-order valence-electron chi connectivity index (χ4n) is 3.48. The van der Waals surface area contributed by atoms with Crippen LogP contribution in [0.4, 0.5) is 0 Å². The fourth-order valence-corrected chi connectivity index (χ4v) is 3.48. The van der Waals surface area contributed by atoms with E-state index in [1.165, 1.54) is 0 Å². The van der Waals surface area contributed by atoms with Gasteiger partial charge in [0.2, 0.25) is 0 Å². The lowest BCUT2D eigenvalue weighted by molar-refractivity contribution is 0.0726. The molecule has 1 aliphatic rings. The van der Waals surface area contributed by atoms with Gasteiger partial charge < -0.3 is 9.47 Å². The molecule has 1 heterocycles. The van der Waals surface area contributed by atoms with Crippen molar-refractivity contribution in [2.24, 2.45) is 0 Å². The molecule has 4 nitrogen and oxygen atoms in total. The molecule has 4 heteroatoms. The number of nitrogens with zero attached hydrogens (tertiary/aromatic N) is 1. The zero-order valence-electron chi connectivity index (χ0n) is 15.6. The molecule has 1 aliphatic heterocycles. The maximum absolute atomic E-state index is 12.4. The highest BCUT2D eigenvalue weighted by Gasteiger charge is 2.27. The number of hydrogen-bond acceptors (Lipinski definition) is 4. The van der Waals surface area contributed by atoms with Gasteiger partial charge in [-0.2, -0.15) is 0 Å². The van der Waals surface area contributed by atoms with Crippen LogP contribution < -0.4 is 9.47 Å². The first-order valence-electron chi connectivity index (χ1n) is 9.48. The van der Waals surface area contributed by atoms with Gasteiger partial charge in [-0.05, 0) is 56.6 Å². The van der Waals surface area contributed by atoms with Crippen molar-refractivity contribution in [2.45, 2.75) is 39.2 Å². The number of hydrogen-bond donors (Lipinski definition) is 0. The van der Waals surface area contributed by atoms with Gasteiger partial charge in [0, 0.05) is 11.6 Å². The molecule has 0 N–H and O–H groups in total. The third kappa shape index (κ3) is 4.25. The van der Waals surface area contributed by atoms with Crippen LogP contribution in [0.2, 0.25) is 0 Å². The van der Waals surface area contributed by atoms with E-state index in [4.69, 9.17) is 9.47 Å². The number of carbonyl (C=O) groups is 1. The summed E-state index contributed by atoms with van der Waals surface area (Å²) in [6, 6.07) is 15.1. The predicted octanol–water partition coefficient (Wildman–Crippen LogP) is 4.33. The molecule has 0 aromatic heterocycles. The van der Waals surface area contributed by atoms with Gasteiger partial charge in [-0.15, -0.1) is 0 Å². The van der Waals surface area contributed by atoms with Gasteiger partial charge in [0.1, 0.15) is 18.1 Å². The van der Waals surface area contributed by atoms with E-state index in [-0.39, 0.29) is 5.97 Å². The Balaban J connectivity index is 1.79. The molecule has 138 valence electrons. The Morgan fingerprint density at radius 3 is 2.50 bits per heavy atom. The molecule has 2 aromatic rings. The zero-order chi connectivity index (χ0) is 18.4. The minimum Gasteiger partial charge on any atom is -0.492 e. The number of benzene rings is 2. The van der Waals surface area contributed by atoms with Gasteiger partial charge in [0.15, 0.2) is 0 Å². The van der Waals surface area contributed by atoms with E-state index in [0.29, 0.717) is 24.0 Å². The first-order valence-corrected chi connectivity index (χ1v) is 9.48. The van der Waals surface area contributed by atoms with E-state index < -0.39 is 0 Å². The maximum Gasteiger partial charge on any atom is 0.343 e. The van der Waals surface area contributed by atoms with Crippen LogP contribution in [-0.4, -0.2) is 36.6 Å². The minimum atomic E-state index is -0.333. The number of carbonyl (C=O) groups excluding carboxylic acids is 1. The minimum absolute atomic E-state index is 0.318. The van der Waals surface area contributed by atoms with Gasteiger partial charge in [-0.3, -0.25) is 4.90 Å². The van der Waals surface area contributed by atoms with Gasteiger partial charge >= 0.3 is 5.97 Å². The first-order chi connectivity index (χ1) is 12.7. The average Bonchev–Trinajstić information content (AvgIpc) is 2.68. The summed E-state index contributed by atoms with van der Waals surface area (Å²) in [7, 11) is 0. The van der Waals surface area contributed by atoms with Crippen molar-refractivity contribution < 1.29 is 14.3 Å². The van der Waals surface area contributed by atoms with Gasteiger partial charge in [0.05, 0.1) is 5.56 Å². The number of rotatable bonds is 7. The Hall–Kier alpha value is -2.33. The molecule has 0 aliphatic carbocycles. The molecule has 1 unspecified atom stereocenters. The second-order valence-corrected chi connectivity index (χ2v) is 6.69. The summed E-state index contributed by atoms with van der Waals surface area (Å²) in [6.07, 6.45) is 3.08. The summed E-state index contributed by atoms with van der Waals surface area (Å²) in [4.78, 5) is 14.9. The highest BCUT2D eigenvalue weighted by atomic mass is 16.5. The largest absolute Gasteiger partial charge is 0.492 e. The summed E-state index contributed by atoms with van der Waals surface area (Å²) >= 11 is 0. The zero-order valence-corrected chi connectivity index (χ0v) is 15.6. The van der Waals surface area contributed by atoms with Crippen molar-refractivity contribution in [1.82, 2.24) is 4.90 Å². The lowest BCUT2D eigenvalue weighted by atomic mass is 10.00. The number of ether oxygens (including phenoxy) is 2. The molecule has 0 fully saturated rings. The summed E-state index contributed by atoms with van der Waals surface area (Å²) in [5.41, 5.74) is 1.54. The van der Waals surface area contributed by atoms with Gasteiger partial charge in [-0.1, -0.05) is 38.1 Å². The Kier molecular flexibility index (Phi) is 6.29. The maximum atomic E-state index is 12.4. The first kappa shape index (κ1) is 18.5. The molecule has 3 rings (SSSR count). The second-order valence-electron chi connectivity index (χ2n) is 6.69. The van der Waals surface area contributed by atoms with E-state index in [2.05, 4.69) is 18.7 Å². The quantitative estimate of drug-likeness (QED) is 0.548. The van der Waals surface area contributed by atoms with Crippen LogP contribution in [0.3, 0.4) is 0 Å². The Morgan fingerprint density at radius 2 is 1.81 bits per heavy atom. The van der Waals surface area contributed by atoms with Crippen molar-refractivity contribution in [2.75, 3.05) is 19.7 Å². The predicted molar refractivity (Wildman–Crippen MR) is 103 cm³/mol. The molecule has 0 saturated heterocycles. The van der Waals surface area contributed by atoms with Crippen LogP contribution >= 0.6 is 0 Å². The topological polar surface area (TPSA) is 38.8 Å². The van der Waals surface area contributed by atoms with Crippen molar-refractivity contribution >= 4 is 5.97 Å². The van der Waals surface area contributed by atoms with Crippen molar-refractivity contribution in [1.29, 1.82) is 0 Å². The Bertz CT molecular complexity index is 723. The second kappa shape index (κ2) is 8.86. The summed E-state index contributed by atoms with van der Waals surface area (Å²) in [5.74, 6) is 1.10. The third-order valence-electron chi connectivity index (χ3n) is 4.71. The Morgan fingerprint density at radius 1 is 1.08 bits per heavy atom. The molecule has 26 heavy (non-hydrogen) atoms. The molecular weight excluding hydrogens is 326 g/mol. The van der Waals surface area contributed by atoms with Crippen molar-refractivity contribution in [3.63, 3.8) is 0 Å². The molecule has 0 radical (unpaired) electrons. The number of fused-ring (bicyclic) bond motifs is 1. The standard InChI is InChI=1S/C22H27NO3/c1-3-13-23(14-4-2)18-15-19-20(25-16-18)11-8-12-21(19)26-22(24)17-9-6-5-7-10-17/h5-12,18H,3-4,13-16H2,1-2H3. The summed E-state index contributed by atoms with van der Waals surface area (Å²) in [6.45, 7) is 7.20. The van der Waals surface area contributed by atoms with Crippen LogP contribution in [0.5, 0.6) is 11.5 Å². The average molecular weight is 353 g/mol. The molecule has 0 spiro atoms. The van der Waals surface area contributed by atoms with Gasteiger partial charge in [0.25, 0.3) is 0 Å². The smallest absolute Gasteiger partial charge is 0.343 e. The molecule has 0 amide bonds. The van der Waals surface area contributed by atoms with E-state index in [1.54, 1.807) is 12.1 Å². The molecule has 0 saturated carbocycles. The van der Waals surface area contributed by atoms with E-state index in [9.17, 15) is 4.79 Å². The monoisotopic (exact) mass is 353 g/mol. The van der Waals surface area contributed by atoms with Crippen LogP contribution in [0.15, 0.2) is 48.5 Å². The van der Waals surface area contributed by atoms with Crippen LogP contribution in [0.25, 0.3) is 0 Å². The van der Waals surface area contributed by atoms with Crippen molar-refractivity contribution in [3.05, 3.63) is 59.7 Å². The van der Waals surface area contributed by atoms with Crippen LogP contribution in [0.1, 0.15) is 42.6 Å². The molecule has 2 aromatic carbocycles. The highest BCUT2D eigenvalue weighted by Crippen LogP contribution is 2.34. The third-order valence-corrected chi connectivity index (χ3v) is 4.71. The molecule has 1 atom stereocenters. The summed E-state index contributed by atoms with van der Waals surface area (Å²) in [5, 5.41) is 0. The fraction of sp³-hybridized carbons (Fsp3) is 0.409. The highest BCUT2D eigenvalue weighted by molar-refractivity contribution is 5.91. The molecule has 0 bridgehead atoms. The van der Waals surface area contributed by atoms with Crippen molar-refractivity contribution in [3.8, 4) is 11.5 Å². The van der Waals surface area contributed by atoms with Crippen LogP contribution in [0, 0.1) is 0 Å². The van der Waals surface area contributed by atoms with Gasteiger partial charge in [-0.25, -0.2) is 4.79 Å². The SMILES string of the molecule is CCCN(CCC)C1COc2cccc(OC(=O)c3ccccc3)c2C1.